The lowest BCUT2D eigenvalue weighted by Crippen LogP contribution is -2.25. The summed E-state index contributed by atoms with van der Waals surface area (Å²) in [6, 6.07) is 2.89. The number of anilines is 1. The van der Waals surface area contributed by atoms with Gasteiger partial charge in [0.1, 0.15) is 11.4 Å². The Kier molecular flexibility index (Phi) is 7.26. The minimum Gasteiger partial charge on any atom is -0.482 e. The normalized spacial score (nSPS) is 15.5. The van der Waals surface area contributed by atoms with Crippen LogP contribution in [0.1, 0.15) is 12.5 Å². The molecule has 0 N–H and O–H groups in total. The van der Waals surface area contributed by atoms with Crippen LogP contribution in [0.15, 0.2) is 22.8 Å². The van der Waals surface area contributed by atoms with Crippen LogP contribution < -0.4 is 9.75 Å². The van der Waals surface area contributed by atoms with Gasteiger partial charge in [-0.2, -0.15) is 23.3 Å². The van der Waals surface area contributed by atoms with Crippen LogP contribution in [0.3, 0.4) is 0 Å². The number of benzene rings is 2. The fourth-order valence-electron chi connectivity index (χ4n) is 2.76. The second-order valence-corrected chi connectivity index (χ2v) is 8.90. The zero-order chi connectivity index (χ0) is 24.8. The molecule has 0 bridgehead atoms. The van der Waals surface area contributed by atoms with Gasteiger partial charge in [-0.3, -0.25) is 4.79 Å². The second-order valence-electron chi connectivity index (χ2n) is 6.49. The van der Waals surface area contributed by atoms with E-state index in [4.69, 9.17) is 4.74 Å². The molecular weight excluding hydrogens is 694 g/mol. The van der Waals surface area contributed by atoms with Gasteiger partial charge in [0.05, 0.1) is 14.9 Å². The van der Waals surface area contributed by atoms with Crippen LogP contribution in [0.5, 0.6) is 5.75 Å². The molecule has 33 heavy (non-hydrogen) atoms. The molecule has 4 nitrogen and oxygen atoms in total. The number of nitrogens with zero attached hydrogens (tertiary/aromatic N) is 2. The third-order valence-corrected chi connectivity index (χ3v) is 5.60. The van der Waals surface area contributed by atoms with Gasteiger partial charge in [0.25, 0.3) is 5.91 Å². The molecule has 1 heterocycles. The number of alkyl halides is 3. The van der Waals surface area contributed by atoms with Crippen molar-refractivity contribution in [2.24, 2.45) is 5.10 Å². The molecule has 1 aliphatic heterocycles. The van der Waals surface area contributed by atoms with Crippen molar-refractivity contribution < 1.29 is 44.7 Å². The molecule has 1 aliphatic rings. The maximum absolute atomic E-state index is 14.2. The van der Waals surface area contributed by atoms with Gasteiger partial charge in [0.2, 0.25) is 5.82 Å². The predicted octanol–water partition coefficient (Wildman–Crippen LogP) is 6.34. The molecule has 0 spiro atoms. The predicted molar refractivity (Wildman–Crippen MR) is 118 cm³/mol. The van der Waals surface area contributed by atoms with E-state index in [2.05, 4.69) is 5.10 Å². The molecule has 0 radical (unpaired) electrons. The number of hydrogen-bond donors (Lipinski definition) is 0. The van der Waals surface area contributed by atoms with E-state index in [1.54, 1.807) is 22.6 Å². The zero-order valence-corrected chi connectivity index (χ0v) is 20.2. The Bertz CT molecular complexity index is 1200. The van der Waals surface area contributed by atoms with Gasteiger partial charge in [-0.25, -0.2) is 22.0 Å². The highest BCUT2D eigenvalue weighted by Crippen LogP contribution is 2.36. The van der Waals surface area contributed by atoms with Crippen molar-refractivity contribution in [3.8, 4) is 5.75 Å². The summed E-state index contributed by atoms with van der Waals surface area (Å²) >= 11 is 3.59. The first kappa shape index (κ1) is 25.6. The lowest BCUT2D eigenvalue weighted by molar-refractivity contribution is -0.153. The Hall–Kier alpha value is -1.98. The number of carbonyl (C=O) groups is 1. The fraction of sp³-hybridized carbons (Fsp3) is 0.158. The van der Waals surface area contributed by atoms with E-state index in [1.807, 2.05) is 22.6 Å². The number of carbonyl (C=O) groups excluding carboxylic acids is 1. The molecule has 0 aliphatic carbocycles. The van der Waals surface area contributed by atoms with Crippen molar-refractivity contribution >= 4 is 68.6 Å². The Labute approximate surface area is 207 Å². The summed E-state index contributed by atoms with van der Waals surface area (Å²) in [5.74, 6) is -13.0. The van der Waals surface area contributed by atoms with Crippen LogP contribution in [-0.4, -0.2) is 24.4 Å². The lowest BCUT2D eigenvalue weighted by Gasteiger charge is -2.16. The summed E-state index contributed by atoms with van der Waals surface area (Å²) in [7, 11) is 0. The molecule has 0 aromatic heterocycles. The standard InChI is InChI=1S/C19H8F8I2N2O2/c1-6-9(3-7-2-8(28)4-10(29)17(7)33-5-19(25,26)27)18(32)31(30-6)16-14(23)12(21)11(20)13(22)15(16)24/h2-4H,5H2,1H3/b9-3-. The Balaban J connectivity index is 2.09. The van der Waals surface area contributed by atoms with Crippen LogP contribution in [0.4, 0.5) is 40.8 Å². The summed E-state index contributed by atoms with van der Waals surface area (Å²) in [5, 5.41) is 3.59. The maximum atomic E-state index is 14.2. The topological polar surface area (TPSA) is 41.9 Å². The monoisotopic (exact) mass is 702 g/mol. The third-order valence-electron chi connectivity index (χ3n) is 4.18. The van der Waals surface area contributed by atoms with Gasteiger partial charge in [-0.05, 0) is 70.3 Å². The second kappa shape index (κ2) is 9.34. The summed E-state index contributed by atoms with van der Waals surface area (Å²) in [6.07, 6.45) is -3.59. The van der Waals surface area contributed by atoms with Crippen molar-refractivity contribution in [2.75, 3.05) is 11.6 Å². The molecule has 1 amide bonds. The highest BCUT2D eigenvalue weighted by molar-refractivity contribution is 14.1. The van der Waals surface area contributed by atoms with E-state index < -0.39 is 53.5 Å². The van der Waals surface area contributed by atoms with E-state index in [0.29, 0.717) is 3.57 Å². The van der Waals surface area contributed by atoms with Gasteiger partial charge in [-0.15, -0.1) is 0 Å². The molecule has 0 unspecified atom stereocenters. The van der Waals surface area contributed by atoms with Gasteiger partial charge in [0, 0.05) is 9.13 Å². The minimum atomic E-state index is -4.65. The average Bonchev–Trinajstić information content (AvgIpc) is 2.97. The first-order chi connectivity index (χ1) is 15.2. The lowest BCUT2D eigenvalue weighted by atomic mass is 10.1. The molecule has 0 saturated heterocycles. The van der Waals surface area contributed by atoms with Crippen molar-refractivity contribution in [1.29, 1.82) is 0 Å². The number of hydrazone groups is 1. The largest absolute Gasteiger partial charge is 0.482 e. The molecular formula is C19H8F8I2N2O2. The molecule has 0 saturated carbocycles. The van der Waals surface area contributed by atoms with Crippen molar-refractivity contribution in [1.82, 2.24) is 0 Å². The zero-order valence-electron chi connectivity index (χ0n) is 15.9. The quantitative estimate of drug-likeness (QED) is 0.123. The van der Waals surface area contributed by atoms with E-state index in [-0.39, 0.29) is 31.2 Å². The molecule has 2 aromatic carbocycles. The van der Waals surface area contributed by atoms with Crippen molar-refractivity contribution in [2.45, 2.75) is 13.1 Å². The van der Waals surface area contributed by atoms with Crippen LogP contribution >= 0.6 is 45.2 Å². The summed E-state index contributed by atoms with van der Waals surface area (Å²) in [5.41, 5.74) is -2.11. The van der Waals surface area contributed by atoms with E-state index in [1.165, 1.54) is 19.1 Å². The molecule has 3 rings (SSSR count). The van der Waals surface area contributed by atoms with Gasteiger partial charge < -0.3 is 4.74 Å². The minimum absolute atomic E-state index is 0.00650. The number of hydrogen-bond acceptors (Lipinski definition) is 3. The summed E-state index contributed by atoms with van der Waals surface area (Å²) < 4.78 is 112. The molecule has 14 heteroatoms. The third kappa shape index (κ3) is 5.09. The number of halogens is 10. The van der Waals surface area contributed by atoms with Crippen molar-refractivity contribution in [3.05, 3.63) is 59.5 Å². The van der Waals surface area contributed by atoms with Gasteiger partial charge in [0.15, 0.2) is 29.9 Å². The van der Waals surface area contributed by atoms with Crippen LogP contribution in [0.25, 0.3) is 6.08 Å². The highest BCUT2D eigenvalue weighted by Gasteiger charge is 2.37. The molecule has 176 valence electrons. The molecule has 2 aromatic rings. The SMILES string of the molecule is CC1=NN(c2c(F)c(F)c(F)c(F)c2F)C(=O)/C1=C\c1cc(I)cc(I)c1OCC(F)(F)F. The van der Waals surface area contributed by atoms with Gasteiger partial charge >= 0.3 is 6.18 Å². The summed E-state index contributed by atoms with van der Waals surface area (Å²) in [6.45, 7) is -0.414. The Morgan fingerprint density at radius 1 is 1.00 bits per heavy atom. The van der Waals surface area contributed by atoms with E-state index >= 15 is 0 Å². The number of rotatable bonds is 4. The van der Waals surface area contributed by atoms with E-state index in [0.717, 1.165) is 6.08 Å². The van der Waals surface area contributed by atoms with Crippen LogP contribution in [0.2, 0.25) is 0 Å². The van der Waals surface area contributed by atoms with Crippen LogP contribution in [0, 0.1) is 36.2 Å². The smallest absolute Gasteiger partial charge is 0.422 e. The fourth-order valence-corrected chi connectivity index (χ4v) is 4.81. The maximum Gasteiger partial charge on any atom is 0.422 e. The Morgan fingerprint density at radius 2 is 1.55 bits per heavy atom. The number of amides is 1. The number of ether oxygens (including phenoxy) is 1. The van der Waals surface area contributed by atoms with Crippen molar-refractivity contribution in [3.63, 3.8) is 0 Å². The van der Waals surface area contributed by atoms with Crippen LogP contribution in [-0.2, 0) is 4.79 Å². The first-order valence-corrected chi connectivity index (χ1v) is 10.7. The Morgan fingerprint density at radius 3 is 2.09 bits per heavy atom. The van der Waals surface area contributed by atoms with Gasteiger partial charge in [-0.1, -0.05) is 0 Å². The molecule has 0 fully saturated rings. The van der Waals surface area contributed by atoms with E-state index in [9.17, 15) is 39.9 Å². The molecule has 0 atom stereocenters. The average molecular weight is 702 g/mol. The highest BCUT2D eigenvalue weighted by atomic mass is 127. The first-order valence-electron chi connectivity index (χ1n) is 8.54. The summed E-state index contributed by atoms with van der Waals surface area (Å²) in [4.78, 5) is 12.8.